The zero-order valence-corrected chi connectivity index (χ0v) is 28.6. The van der Waals surface area contributed by atoms with Crippen molar-refractivity contribution in [2.24, 2.45) is 0 Å². The molecule has 0 aromatic heterocycles. The van der Waals surface area contributed by atoms with Crippen molar-refractivity contribution in [3.63, 3.8) is 0 Å². The second-order valence-electron chi connectivity index (χ2n) is 10.9. The Bertz CT molecular complexity index is 1720. The Kier molecular flexibility index (Phi) is 11.8. The lowest BCUT2D eigenvalue weighted by Crippen LogP contribution is -2.54. The summed E-state index contributed by atoms with van der Waals surface area (Å²) in [6.07, 6.45) is 0.959. The van der Waals surface area contributed by atoms with E-state index in [1.54, 1.807) is 25.1 Å². The first kappa shape index (κ1) is 34.2. The van der Waals surface area contributed by atoms with Crippen molar-refractivity contribution in [3.8, 4) is 0 Å². The van der Waals surface area contributed by atoms with Crippen LogP contribution in [0.25, 0.3) is 0 Å². The summed E-state index contributed by atoms with van der Waals surface area (Å²) in [5.41, 5.74) is 2.71. The lowest BCUT2D eigenvalue weighted by Gasteiger charge is -2.34. The molecule has 0 spiro atoms. The van der Waals surface area contributed by atoms with Crippen LogP contribution < -0.4 is 9.62 Å². The van der Waals surface area contributed by atoms with Gasteiger partial charge in [-0.2, -0.15) is 0 Å². The quantitative estimate of drug-likeness (QED) is 0.160. The molecule has 2 amide bonds. The minimum Gasteiger partial charge on any atom is -0.352 e. The minimum atomic E-state index is -4.21. The summed E-state index contributed by atoms with van der Waals surface area (Å²) in [7, 11) is -4.21. The molecule has 4 aromatic carbocycles. The Hall–Kier alpha value is -3.66. The van der Waals surface area contributed by atoms with E-state index in [2.05, 4.69) is 21.2 Å². The summed E-state index contributed by atoms with van der Waals surface area (Å²) in [6, 6.07) is 28.8. The van der Waals surface area contributed by atoms with Gasteiger partial charge in [-0.1, -0.05) is 95.1 Å². The summed E-state index contributed by atoms with van der Waals surface area (Å²) < 4.78 is 30.3. The molecular weight excluding hydrogens is 674 g/mol. The van der Waals surface area contributed by atoms with Crippen LogP contribution in [0.5, 0.6) is 0 Å². The fourth-order valence-electron chi connectivity index (χ4n) is 4.92. The fraction of sp³-hybridized carbons (Fsp3) is 0.257. The fourth-order valence-corrected chi connectivity index (χ4v) is 6.97. The number of nitrogens with one attached hydrogen (secondary N) is 1. The molecule has 0 saturated carbocycles. The molecule has 0 aliphatic rings. The molecule has 0 heterocycles. The summed E-state index contributed by atoms with van der Waals surface area (Å²) in [6.45, 7) is 5.25. The number of halogens is 2. The van der Waals surface area contributed by atoms with E-state index in [0.717, 1.165) is 19.9 Å². The highest BCUT2D eigenvalue weighted by Crippen LogP contribution is 2.28. The number of sulfonamides is 1. The van der Waals surface area contributed by atoms with Crippen molar-refractivity contribution < 1.29 is 18.0 Å². The number of carbonyl (C=O) groups excluding carboxylic acids is 2. The molecule has 0 fully saturated rings. The monoisotopic (exact) mass is 709 g/mol. The van der Waals surface area contributed by atoms with Crippen LogP contribution in [0.4, 0.5) is 5.69 Å². The maximum Gasteiger partial charge on any atom is 0.264 e. The van der Waals surface area contributed by atoms with Gasteiger partial charge in [-0.05, 0) is 79.4 Å². The van der Waals surface area contributed by atoms with Crippen LogP contribution >= 0.6 is 27.5 Å². The Labute approximate surface area is 279 Å². The number of rotatable bonds is 13. The number of anilines is 1. The van der Waals surface area contributed by atoms with Gasteiger partial charge >= 0.3 is 0 Å². The number of hydrogen-bond donors (Lipinski definition) is 1. The Morgan fingerprint density at radius 1 is 0.889 bits per heavy atom. The summed E-state index contributed by atoms with van der Waals surface area (Å²) in [4.78, 5) is 30.0. The van der Waals surface area contributed by atoms with E-state index in [9.17, 15) is 18.0 Å². The number of benzene rings is 4. The van der Waals surface area contributed by atoms with Gasteiger partial charge in [0.25, 0.3) is 10.0 Å². The highest BCUT2D eigenvalue weighted by atomic mass is 79.9. The van der Waals surface area contributed by atoms with Gasteiger partial charge in [0.15, 0.2) is 0 Å². The van der Waals surface area contributed by atoms with Crippen molar-refractivity contribution in [1.29, 1.82) is 0 Å². The molecule has 0 bridgehead atoms. The van der Waals surface area contributed by atoms with Crippen molar-refractivity contribution >= 4 is 55.1 Å². The molecule has 10 heteroatoms. The third kappa shape index (κ3) is 8.96. The van der Waals surface area contributed by atoms with Crippen LogP contribution in [-0.2, 0) is 32.6 Å². The second-order valence-corrected chi connectivity index (χ2v) is 14.1. The topological polar surface area (TPSA) is 86.8 Å². The molecule has 0 aliphatic heterocycles. The molecule has 1 N–H and O–H groups in total. The summed E-state index contributed by atoms with van der Waals surface area (Å²) in [5.74, 6) is -0.824. The molecule has 2 atom stereocenters. The first-order valence-electron chi connectivity index (χ1n) is 14.7. The molecule has 2 unspecified atom stereocenters. The van der Waals surface area contributed by atoms with Gasteiger partial charge in [-0.25, -0.2) is 8.42 Å². The van der Waals surface area contributed by atoms with E-state index >= 15 is 0 Å². The predicted octanol–water partition coefficient (Wildman–Crippen LogP) is 7.16. The number of para-hydroxylation sites is 1. The van der Waals surface area contributed by atoms with E-state index < -0.39 is 28.5 Å². The SMILES string of the molecule is CCC(C)NC(=O)C(Cc1ccccc1)N(Cc1cccc(Br)c1)C(=O)CN(c1ccccc1C)S(=O)(=O)c1ccc(Cl)cc1. The lowest BCUT2D eigenvalue weighted by atomic mass is 10.0. The predicted molar refractivity (Wildman–Crippen MR) is 184 cm³/mol. The summed E-state index contributed by atoms with van der Waals surface area (Å²) >= 11 is 9.57. The van der Waals surface area contributed by atoms with Gasteiger partial charge in [-0.15, -0.1) is 0 Å². The van der Waals surface area contributed by atoms with E-state index in [4.69, 9.17) is 11.6 Å². The van der Waals surface area contributed by atoms with Crippen LogP contribution in [-0.4, -0.2) is 43.8 Å². The highest BCUT2D eigenvalue weighted by Gasteiger charge is 2.35. The van der Waals surface area contributed by atoms with Crippen LogP contribution in [0.2, 0.25) is 5.02 Å². The number of hydrogen-bond acceptors (Lipinski definition) is 4. The van der Waals surface area contributed by atoms with Gasteiger partial charge in [0.05, 0.1) is 10.6 Å². The lowest BCUT2D eigenvalue weighted by molar-refractivity contribution is -0.140. The van der Waals surface area contributed by atoms with Gasteiger partial charge in [0.1, 0.15) is 12.6 Å². The van der Waals surface area contributed by atoms with Crippen molar-refractivity contribution in [3.05, 3.63) is 129 Å². The van der Waals surface area contributed by atoms with Crippen LogP contribution in [0.15, 0.2) is 112 Å². The first-order chi connectivity index (χ1) is 21.5. The largest absolute Gasteiger partial charge is 0.352 e. The maximum atomic E-state index is 14.6. The van der Waals surface area contributed by atoms with Crippen LogP contribution in [0.3, 0.4) is 0 Å². The average molecular weight is 711 g/mol. The molecule has 236 valence electrons. The Morgan fingerprint density at radius 2 is 1.53 bits per heavy atom. The average Bonchev–Trinajstić information content (AvgIpc) is 3.02. The van der Waals surface area contributed by atoms with Gasteiger partial charge in [0, 0.05) is 28.5 Å². The van der Waals surface area contributed by atoms with Crippen molar-refractivity contribution in [1.82, 2.24) is 10.2 Å². The highest BCUT2D eigenvalue weighted by molar-refractivity contribution is 9.10. The van der Waals surface area contributed by atoms with Gasteiger partial charge in [0.2, 0.25) is 11.8 Å². The molecule has 45 heavy (non-hydrogen) atoms. The molecule has 0 aliphatic carbocycles. The van der Waals surface area contributed by atoms with Crippen LogP contribution in [0.1, 0.15) is 37.0 Å². The van der Waals surface area contributed by atoms with E-state index in [-0.39, 0.29) is 29.8 Å². The molecule has 7 nitrogen and oxygen atoms in total. The molecule has 4 rings (SSSR count). The summed E-state index contributed by atoms with van der Waals surface area (Å²) in [5, 5.41) is 3.44. The normalized spacial score (nSPS) is 12.6. The van der Waals surface area contributed by atoms with Crippen LogP contribution in [0, 0.1) is 6.92 Å². The maximum absolute atomic E-state index is 14.6. The molecule has 4 aromatic rings. The smallest absolute Gasteiger partial charge is 0.264 e. The molecule has 0 radical (unpaired) electrons. The second kappa shape index (κ2) is 15.6. The zero-order chi connectivity index (χ0) is 32.6. The number of aryl methyl sites for hydroxylation is 1. The third-order valence-electron chi connectivity index (χ3n) is 7.58. The minimum absolute atomic E-state index is 0.00292. The molecular formula is C35H37BrClN3O4S. The van der Waals surface area contributed by atoms with Crippen molar-refractivity contribution in [2.45, 2.75) is 57.1 Å². The molecule has 0 saturated heterocycles. The van der Waals surface area contributed by atoms with Crippen molar-refractivity contribution in [2.75, 3.05) is 10.8 Å². The number of nitrogens with zero attached hydrogens (tertiary/aromatic N) is 2. The standard InChI is InChI=1S/C35H37BrClN3O4S/c1-4-26(3)38-35(42)33(22-27-12-6-5-7-13-27)39(23-28-14-10-15-29(36)21-28)34(41)24-40(32-16-9-8-11-25(32)2)45(43,44)31-19-17-30(37)18-20-31/h5-21,26,33H,4,22-24H2,1-3H3,(H,38,42). The first-order valence-corrected chi connectivity index (χ1v) is 17.3. The van der Waals surface area contributed by atoms with E-state index in [1.165, 1.54) is 29.2 Å². The Balaban J connectivity index is 1.82. The number of amides is 2. The van der Waals surface area contributed by atoms with E-state index in [1.807, 2.05) is 74.5 Å². The zero-order valence-electron chi connectivity index (χ0n) is 25.5. The Morgan fingerprint density at radius 3 is 2.18 bits per heavy atom. The van der Waals surface area contributed by atoms with Gasteiger partial charge in [-0.3, -0.25) is 13.9 Å². The van der Waals surface area contributed by atoms with Gasteiger partial charge < -0.3 is 10.2 Å². The number of carbonyl (C=O) groups is 2. The van der Waals surface area contributed by atoms with E-state index in [0.29, 0.717) is 22.7 Å². The third-order valence-corrected chi connectivity index (χ3v) is 10.1.